The van der Waals surface area contributed by atoms with Gasteiger partial charge in [-0.3, -0.25) is 4.79 Å². The standard InChI is InChI=1S/C14H16O2.C7H6O.C6H6O/c1-15-14(16-2)10-8-13(9-11-14)12-6-4-3-5-7-12;8-6-7-4-2-1-3-5-7;7-6-4-2-1-3-5-6/h3-10H,11H2,1-2H3;1-6H;1-5,7H. The van der Waals surface area contributed by atoms with Crippen LogP contribution in [0.1, 0.15) is 22.3 Å². The van der Waals surface area contributed by atoms with Gasteiger partial charge in [0, 0.05) is 26.2 Å². The van der Waals surface area contributed by atoms with Crippen molar-refractivity contribution in [1.82, 2.24) is 0 Å². The molecule has 4 nitrogen and oxygen atoms in total. The van der Waals surface area contributed by atoms with Crippen LogP contribution in [0.3, 0.4) is 0 Å². The van der Waals surface area contributed by atoms with Gasteiger partial charge in [-0.15, -0.1) is 0 Å². The molecule has 1 aliphatic rings. The molecule has 3 aromatic rings. The van der Waals surface area contributed by atoms with Gasteiger partial charge in [-0.1, -0.05) is 91.0 Å². The van der Waals surface area contributed by atoms with E-state index >= 15 is 0 Å². The maximum Gasteiger partial charge on any atom is 0.190 e. The third-order valence-electron chi connectivity index (χ3n) is 4.61. The predicted molar refractivity (Wildman–Crippen MR) is 125 cm³/mol. The van der Waals surface area contributed by atoms with Crippen LogP contribution in [-0.2, 0) is 9.47 Å². The summed E-state index contributed by atoms with van der Waals surface area (Å²) in [7, 11) is 3.32. The lowest BCUT2D eigenvalue weighted by atomic mass is 9.96. The lowest BCUT2D eigenvalue weighted by Crippen LogP contribution is -2.31. The molecule has 0 amide bonds. The molecule has 160 valence electrons. The number of aromatic hydroxyl groups is 1. The van der Waals surface area contributed by atoms with Crippen molar-refractivity contribution in [3.05, 3.63) is 120 Å². The van der Waals surface area contributed by atoms with E-state index in [1.165, 1.54) is 11.1 Å². The summed E-state index contributed by atoms with van der Waals surface area (Å²) in [6, 6.07) is 28.1. The topological polar surface area (TPSA) is 55.8 Å². The van der Waals surface area contributed by atoms with Gasteiger partial charge in [-0.2, -0.15) is 0 Å². The molecule has 0 atom stereocenters. The summed E-state index contributed by atoms with van der Waals surface area (Å²) in [5.74, 6) is -0.263. The Bertz CT molecular complexity index is 944. The Kier molecular flexibility index (Phi) is 9.95. The summed E-state index contributed by atoms with van der Waals surface area (Å²) < 4.78 is 10.7. The Morgan fingerprint density at radius 1 is 0.806 bits per heavy atom. The predicted octanol–water partition coefficient (Wildman–Crippen LogP) is 5.91. The van der Waals surface area contributed by atoms with E-state index in [4.69, 9.17) is 14.6 Å². The molecule has 0 aliphatic heterocycles. The molecule has 4 rings (SSSR count). The first-order valence-electron chi connectivity index (χ1n) is 9.92. The number of ether oxygens (including phenoxy) is 2. The van der Waals surface area contributed by atoms with Crippen LogP contribution in [0.25, 0.3) is 5.57 Å². The van der Waals surface area contributed by atoms with Crippen molar-refractivity contribution in [1.29, 1.82) is 0 Å². The number of allylic oxidation sites excluding steroid dienone is 2. The van der Waals surface area contributed by atoms with Crippen molar-refractivity contribution in [3.8, 4) is 5.75 Å². The number of methoxy groups -OCH3 is 2. The summed E-state index contributed by atoms with van der Waals surface area (Å²) in [6.45, 7) is 0. The summed E-state index contributed by atoms with van der Waals surface area (Å²) in [6.07, 6.45) is 7.73. The molecule has 0 spiro atoms. The Labute approximate surface area is 184 Å². The van der Waals surface area contributed by atoms with E-state index in [9.17, 15) is 4.79 Å². The Balaban J connectivity index is 0.000000189. The maximum absolute atomic E-state index is 10.0. The fourth-order valence-corrected chi connectivity index (χ4v) is 2.80. The number of para-hydroxylation sites is 1. The average molecular weight is 417 g/mol. The van der Waals surface area contributed by atoms with Crippen LogP contribution in [0.5, 0.6) is 5.75 Å². The third kappa shape index (κ3) is 8.05. The van der Waals surface area contributed by atoms with Crippen LogP contribution >= 0.6 is 0 Å². The molecule has 1 N–H and O–H groups in total. The van der Waals surface area contributed by atoms with E-state index in [2.05, 4.69) is 18.2 Å². The van der Waals surface area contributed by atoms with Gasteiger partial charge in [-0.05, 0) is 29.3 Å². The van der Waals surface area contributed by atoms with E-state index in [0.717, 1.165) is 18.3 Å². The summed E-state index contributed by atoms with van der Waals surface area (Å²) in [4.78, 5) is 10.0. The number of benzene rings is 3. The normalized spacial score (nSPS) is 13.5. The molecule has 0 saturated heterocycles. The number of rotatable bonds is 4. The maximum atomic E-state index is 10.0. The summed E-state index contributed by atoms with van der Waals surface area (Å²) in [5.41, 5.74) is 3.16. The van der Waals surface area contributed by atoms with Crippen molar-refractivity contribution in [2.45, 2.75) is 12.2 Å². The van der Waals surface area contributed by atoms with E-state index in [-0.39, 0.29) is 0 Å². The highest BCUT2D eigenvalue weighted by molar-refractivity contribution is 5.75. The van der Waals surface area contributed by atoms with Crippen LogP contribution in [0.4, 0.5) is 0 Å². The van der Waals surface area contributed by atoms with Crippen molar-refractivity contribution in [3.63, 3.8) is 0 Å². The van der Waals surface area contributed by atoms with Gasteiger partial charge in [0.25, 0.3) is 0 Å². The number of carbonyl (C=O) groups excluding carboxylic acids is 1. The highest BCUT2D eigenvalue weighted by Crippen LogP contribution is 2.29. The molecule has 0 unspecified atom stereocenters. The molecule has 4 heteroatoms. The minimum atomic E-state index is -0.585. The van der Waals surface area contributed by atoms with Gasteiger partial charge in [0.1, 0.15) is 12.0 Å². The quantitative estimate of drug-likeness (QED) is 0.424. The molecule has 0 fully saturated rings. The van der Waals surface area contributed by atoms with Crippen LogP contribution in [0.15, 0.2) is 109 Å². The molecular weight excluding hydrogens is 388 g/mol. The van der Waals surface area contributed by atoms with Gasteiger partial charge in [0.15, 0.2) is 5.79 Å². The number of hydrogen-bond donors (Lipinski definition) is 1. The summed E-state index contributed by atoms with van der Waals surface area (Å²) in [5, 5.41) is 8.63. The second-order valence-corrected chi connectivity index (χ2v) is 6.65. The fraction of sp³-hybridized carbons (Fsp3) is 0.148. The number of carbonyl (C=O) groups is 1. The molecule has 0 heterocycles. The summed E-state index contributed by atoms with van der Waals surface area (Å²) >= 11 is 0. The third-order valence-corrected chi connectivity index (χ3v) is 4.61. The SMILES string of the molecule is COC1(OC)C=CC(c2ccccc2)=CC1.O=Cc1ccccc1.Oc1ccccc1. The van der Waals surface area contributed by atoms with Gasteiger partial charge in [0.2, 0.25) is 0 Å². The van der Waals surface area contributed by atoms with Crippen LogP contribution in [0.2, 0.25) is 0 Å². The molecule has 3 aromatic carbocycles. The number of aldehydes is 1. The highest BCUT2D eigenvalue weighted by atomic mass is 16.7. The fourth-order valence-electron chi connectivity index (χ4n) is 2.80. The van der Waals surface area contributed by atoms with E-state index < -0.39 is 5.79 Å². The molecule has 0 radical (unpaired) electrons. The molecular formula is C27H28O4. The van der Waals surface area contributed by atoms with E-state index in [1.54, 1.807) is 50.6 Å². The first kappa shape index (κ1) is 23.8. The molecule has 0 aromatic heterocycles. The van der Waals surface area contributed by atoms with Crippen LogP contribution in [-0.4, -0.2) is 31.4 Å². The molecule has 0 saturated carbocycles. The van der Waals surface area contributed by atoms with Gasteiger partial charge < -0.3 is 14.6 Å². The minimum Gasteiger partial charge on any atom is -0.508 e. The van der Waals surface area contributed by atoms with Crippen molar-refractivity contribution < 1.29 is 19.4 Å². The zero-order valence-corrected chi connectivity index (χ0v) is 17.8. The monoisotopic (exact) mass is 416 g/mol. The highest BCUT2D eigenvalue weighted by Gasteiger charge is 2.27. The van der Waals surface area contributed by atoms with Crippen molar-refractivity contribution in [2.75, 3.05) is 14.2 Å². The van der Waals surface area contributed by atoms with Crippen LogP contribution < -0.4 is 0 Å². The first-order valence-corrected chi connectivity index (χ1v) is 9.92. The zero-order valence-electron chi connectivity index (χ0n) is 17.8. The average Bonchev–Trinajstić information content (AvgIpc) is 2.86. The number of phenols is 1. The van der Waals surface area contributed by atoms with Crippen LogP contribution in [0, 0.1) is 0 Å². The lowest BCUT2D eigenvalue weighted by molar-refractivity contribution is -0.167. The lowest BCUT2D eigenvalue weighted by Gasteiger charge is -2.29. The zero-order chi connectivity index (χ0) is 22.4. The first-order chi connectivity index (χ1) is 15.1. The Hall–Kier alpha value is -3.47. The number of phenolic OH excluding ortho intramolecular Hbond substituents is 1. The van der Waals surface area contributed by atoms with Gasteiger partial charge in [-0.25, -0.2) is 0 Å². The second kappa shape index (κ2) is 13.0. The smallest absolute Gasteiger partial charge is 0.190 e. The largest absolute Gasteiger partial charge is 0.508 e. The van der Waals surface area contributed by atoms with Gasteiger partial charge in [0.05, 0.1) is 0 Å². The van der Waals surface area contributed by atoms with Gasteiger partial charge >= 0.3 is 0 Å². The van der Waals surface area contributed by atoms with E-state index in [0.29, 0.717) is 5.75 Å². The molecule has 1 aliphatic carbocycles. The van der Waals surface area contributed by atoms with Crippen molar-refractivity contribution >= 4 is 11.9 Å². The Morgan fingerprint density at radius 3 is 1.68 bits per heavy atom. The second-order valence-electron chi connectivity index (χ2n) is 6.65. The van der Waals surface area contributed by atoms with E-state index in [1.807, 2.05) is 54.6 Å². The molecule has 31 heavy (non-hydrogen) atoms. The minimum absolute atomic E-state index is 0.322. The number of hydrogen-bond acceptors (Lipinski definition) is 4. The molecule has 0 bridgehead atoms. The Morgan fingerprint density at radius 2 is 1.32 bits per heavy atom. The van der Waals surface area contributed by atoms with Crippen molar-refractivity contribution in [2.24, 2.45) is 0 Å².